The van der Waals surface area contributed by atoms with Crippen LogP contribution in [0.2, 0.25) is 0 Å². The van der Waals surface area contributed by atoms with Crippen LogP contribution in [0.5, 0.6) is 0 Å². The van der Waals surface area contributed by atoms with Gasteiger partial charge in [-0.1, -0.05) is 52.0 Å². The first-order valence-corrected chi connectivity index (χ1v) is 7.97. The van der Waals surface area contributed by atoms with Crippen LogP contribution in [-0.4, -0.2) is 13.1 Å². The van der Waals surface area contributed by atoms with E-state index in [1.54, 1.807) is 0 Å². The summed E-state index contributed by atoms with van der Waals surface area (Å²) in [6.07, 6.45) is 2.31. The highest BCUT2D eigenvalue weighted by molar-refractivity contribution is 5.28. The summed E-state index contributed by atoms with van der Waals surface area (Å²) in [5.41, 5.74) is 14.6. The van der Waals surface area contributed by atoms with Crippen molar-refractivity contribution in [1.29, 1.82) is 0 Å². The molecule has 0 aromatic heterocycles. The lowest BCUT2D eigenvalue weighted by Crippen LogP contribution is -2.16. The zero-order valence-corrected chi connectivity index (χ0v) is 13.6. The summed E-state index contributed by atoms with van der Waals surface area (Å²) in [5, 5.41) is 0. The summed E-state index contributed by atoms with van der Waals surface area (Å²) >= 11 is 0. The Bertz CT molecular complexity index is 331. The van der Waals surface area contributed by atoms with Gasteiger partial charge >= 0.3 is 0 Å². The molecule has 4 N–H and O–H groups in total. The van der Waals surface area contributed by atoms with Gasteiger partial charge in [-0.25, -0.2) is 0 Å². The van der Waals surface area contributed by atoms with Crippen LogP contribution in [0, 0.1) is 11.8 Å². The van der Waals surface area contributed by atoms with Crippen LogP contribution in [0.1, 0.15) is 63.5 Å². The Morgan fingerprint density at radius 3 is 1.20 bits per heavy atom. The van der Waals surface area contributed by atoms with Crippen LogP contribution in [0.4, 0.5) is 0 Å². The standard InChI is InChI=1S/C18H32N2/c1-13(2)9-17(11-19)15-5-7-16(8-6-15)18(12-20)10-14(3)4/h5-8,13-14,17-18H,9-12,19-20H2,1-4H3. The molecule has 0 fully saturated rings. The molecule has 0 radical (unpaired) electrons. The predicted molar refractivity (Wildman–Crippen MR) is 88.9 cm³/mol. The van der Waals surface area contributed by atoms with Crippen molar-refractivity contribution in [3.63, 3.8) is 0 Å². The Labute approximate surface area is 124 Å². The van der Waals surface area contributed by atoms with Gasteiger partial charge in [0.05, 0.1) is 0 Å². The molecule has 2 atom stereocenters. The van der Waals surface area contributed by atoms with Crippen molar-refractivity contribution in [2.45, 2.75) is 52.4 Å². The van der Waals surface area contributed by atoms with Crippen LogP contribution < -0.4 is 11.5 Å². The lowest BCUT2D eigenvalue weighted by Gasteiger charge is -2.20. The number of hydrogen-bond acceptors (Lipinski definition) is 2. The normalized spacial score (nSPS) is 14.8. The highest BCUT2D eigenvalue weighted by atomic mass is 14.6. The molecule has 2 unspecified atom stereocenters. The Hall–Kier alpha value is -0.860. The summed E-state index contributed by atoms with van der Waals surface area (Å²) < 4.78 is 0. The maximum Gasteiger partial charge on any atom is -0.000814 e. The van der Waals surface area contributed by atoms with Gasteiger partial charge in [-0.05, 0) is 60.7 Å². The van der Waals surface area contributed by atoms with Crippen molar-refractivity contribution >= 4 is 0 Å². The van der Waals surface area contributed by atoms with Crippen molar-refractivity contribution in [2.24, 2.45) is 23.3 Å². The maximum atomic E-state index is 5.92. The molecular formula is C18H32N2. The van der Waals surface area contributed by atoms with Crippen LogP contribution in [0.15, 0.2) is 24.3 Å². The number of nitrogens with two attached hydrogens (primary N) is 2. The first kappa shape index (κ1) is 17.2. The van der Waals surface area contributed by atoms with E-state index in [4.69, 9.17) is 11.5 Å². The molecule has 0 aliphatic carbocycles. The Kier molecular flexibility index (Phi) is 7.25. The highest BCUT2D eigenvalue weighted by Crippen LogP contribution is 2.27. The van der Waals surface area contributed by atoms with Gasteiger partial charge in [0.25, 0.3) is 0 Å². The van der Waals surface area contributed by atoms with Crippen molar-refractivity contribution in [3.8, 4) is 0 Å². The van der Waals surface area contributed by atoms with Crippen molar-refractivity contribution in [3.05, 3.63) is 35.4 Å². The van der Waals surface area contributed by atoms with E-state index < -0.39 is 0 Å². The fourth-order valence-corrected chi connectivity index (χ4v) is 2.92. The van der Waals surface area contributed by atoms with Crippen molar-refractivity contribution in [2.75, 3.05) is 13.1 Å². The summed E-state index contributed by atoms with van der Waals surface area (Å²) in [6, 6.07) is 8.99. The third-order valence-electron chi connectivity index (χ3n) is 3.96. The molecule has 1 aromatic rings. The molecule has 0 bridgehead atoms. The number of benzene rings is 1. The maximum absolute atomic E-state index is 5.92. The minimum atomic E-state index is 0.477. The van der Waals surface area contributed by atoms with Gasteiger partial charge in [-0.3, -0.25) is 0 Å². The molecule has 1 aromatic carbocycles. The fourth-order valence-electron chi connectivity index (χ4n) is 2.92. The summed E-state index contributed by atoms with van der Waals surface area (Å²) in [4.78, 5) is 0. The quantitative estimate of drug-likeness (QED) is 0.757. The molecule has 1 rings (SSSR count). The Morgan fingerprint density at radius 1 is 0.700 bits per heavy atom. The largest absolute Gasteiger partial charge is 0.330 e. The van der Waals surface area contributed by atoms with E-state index in [0.717, 1.165) is 25.9 Å². The SMILES string of the molecule is CC(C)CC(CN)c1ccc(C(CN)CC(C)C)cc1. The molecule has 0 aliphatic rings. The Balaban J connectivity index is 2.80. The number of rotatable bonds is 8. The topological polar surface area (TPSA) is 52.0 Å². The molecule has 2 heteroatoms. The first-order chi connectivity index (χ1) is 9.47. The molecule has 20 heavy (non-hydrogen) atoms. The van der Waals surface area contributed by atoms with Gasteiger partial charge in [0, 0.05) is 0 Å². The van der Waals surface area contributed by atoms with Crippen molar-refractivity contribution < 1.29 is 0 Å². The molecular weight excluding hydrogens is 244 g/mol. The summed E-state index contributed by atoms with van der Waals surface area (Å²) in [6.45, 7) is 10.5. The second-order valence-corrected chi connectivity index (χ2v) is 6.79. The van der Waals surface area contributed by atoms with Crippen LogP contribution in [0.25, 0.3) is 0 Å². The fraction of sp³-hybridized carbons (Fsp3) is 0.667. The number of hydrogen-bond donors (Lipinski definition) is 2. The zero-order valence-electron chi connectivity index (χ0n) is 13.6. The van der Waals surface area contributed by atoms with E-state index in [9.17, 15) is 0 Å². The third kappa shape index (κ3) is 5.26. The lowest BCUT2D eigenvalue weighted by molar-refractivity contribution is 0.499. The lowest BCUT2D eigenvalue weighted by atomic mass is 9.86. The molecule has 0 spiro atoms. The second-order valence-electron chi connectivity index (χ2n) is 6.79. The molecule has 0 aliphatic heterocycles. The van der Waals surface area contributed by atoms with Gasteiger partial charge in [-0.2, -0.15) is 0 Å². The van der Waals surface area contributed by atoms with Gasteiger partial charge in [0.2, 0.25) is 0 Å². The molecule has 0 heterocycles. The predicted octanol–water partition coefficient (Wildman–Crippen LogP) is 3.86. The van der Waals surface area contributed by atoms with Crippen LogP contribution in [-0.2, 0) is 0 Å². The van der Waals surface area contributed by atoms with E-state index in [1.807, 2.05) is 0 Å². The molecule has 0 saturated carbocycles. The van der Waals surface area contributed by atoms with Crippen LogP contribution in [0.3, 0.4) is 0 Å². The third-order valence-corrected chi connectivity index (χ3v) is 3.96. The molecule has 2 nitrogen and oxygen atoms in total. The van der Waals surface area contributed by atoms with Crippen molar-refractivity contribution in [1.82, 2.24) is 0 Å². The monoisotopic (exact) mass is 276 g/mol. The molecule has 0 saturated heterocycles. The minimum Gasteiger partial charge on any atom is -0.330 e. The van der Waals surface area contributed by atoms with E-state index >= 15 is 0 Å². The zero-order chi connectivity index (χ0) is 15.1. The van der Waals surface area contributed by atoms with Gasteiger partial charge < -0.3 is 11.5 Å². The smallest absolute Gasteiger partial charge is 0.000814 e. The van der Waals surface area contributed by atoms with Gasteiger partial charge in [0.15, 0.2) is 0 Å². The molecule has 114 valence electrons. The van der Waals surface area contributed by atoms with Gasteiger partial charge in [-0.15, -0.1) is 0 Å². The van der Waals surface area contributed by atoms with E-state index in [2.05, 4.69) is 52.0 Å². The average Bonchev–Trinajstić information content (AvgIpc) is 2.42. The van der Waals surface area contributed by atoms with Crippen LogP contribution >= 0.6 is 0 Å². The minimum absolute atomic E-state index is 0.477. The van der Waals surface area contributed by atoms with E-state index in [-0.39, 0.29) is 0 Å². The average molecular weight is 276 g/mol. The summed E-state index contributed by atoms with van der Waals surface area (Å²) in [7, 11) is 0. The second kappa shape index (κ2) is 8.43. The highest BCUT2D eigenvalue weighted by Gasteiger charge is 2.14. The first-order valence-electron chi connectivity index (χ1n) is 7.97. The van der Waals surface area contributed by atoms with E-state index in [0.29, 0.717) is 23.7 Å². The Morgan fingerprint density at radius 2 is 1.00 bits per heavy atom. The summed E-state index contributed by atoms with van der Waals surface area (Å²) in [5.74, 6) is 2.32. The molecule has 0 amide bonds. The van der Waals surface area contributed by atoms with E-state index in [1.165, 1.54) is 11.1 Å². The van der Waals surface area contributed by atoms with Gasteiger partial charge in [0.1, 0.15) is 0 Å².